The standard InChI is InChI=1S/C11H11N5O/c1-6-4-3-5-7-9(6)16(2)11(13-7)8-10(12)15-17-14-8/h3-5H,1-2H3,(H2,12,15). The lowest BCUT2D eigenvalue weighted by molar-refractivity contribution is 0.310. The molecule has 0 radical (unpaired) electrons. The monoisotopic (exact) mass is 229 g/mol. The van der Waals surface area contributed by atoms with E-state index in [1.54, 1.807) is 0 Å². The third kappa shape index (κ3) is 1.30. The van der Waals surface area contributed by atoms with Crippen molar-refractivity contribution in [3.05, 3.63) is 23.8 Å². The molecule has 0 amide bonds. The molecule has 0 unspecified atom stereocenters. The first kappa shape index (κ1) is 9.83. The lowest BCUT2D eigenvalue weighted by Gasteiger charge is -2.00. The molecule has 0 aliphatic carbocycles. The van der Waals surface area contributed by atoms with E-state index in [1.807, 2.05) is 36.7 Å². The molecule has 2 N–H and O–H groups in total. The normalized spacial score (nSPS) is 11.2. The first-order valence-electron chi connectivity index (χ1n) is 5.19. The predicted octanol–water partition coefficient (Wildman–Crippen LogP) is 1.51. The molecular weight excluding hydrogens is 218 g/mol. The van der Waals surface area contributed by atoms with Gasteiger partial charge in [-0.2, -0.15) is 0 Å². The van der Waals surface area contributed by atoms with Crippen LogP contribution in [0, 0.1) is 6.92 Å². The summed E-state index contributed by atoms with van der Waals surface area (Å²) < 4.78 is 6.55. The molecule has 0 atom stereocenters. The Labute approximate surface area is 97.0 Å². The van der Waals surface area contributed by atoms with E-state index in [4.69, 9.17) is 5.73 Å². The van der Waals surface area contributed by atoms with Gasteiger partial charge in [-0.3, -0.25) is 0 Å². The number of rotatable bonds is 1. The molecule has 0 aliphatic heterocycles. The zero-order valence-electron chi connectivity index (χ0n) is 9.51. The van der Waals surface area contributed by atoms with Crippen LogP contribution >= 0.6 is 0 Å². The number of hydrogen-bond acceptors (Lipinski definition) is 5. The van der Waals surface area contributed by atoms with Crippen LogP contribution in [0.15, 0.2) is 22.8 Å². The van der Waals surface area contributed by atoms with E-state index < -0.39 is 0 Å². The third-order valence-electron chi connectivity index (χ3n) is 2.82. The average molecular weight is 229 g/mol. The SMILES string of the molecule is Cc1cccc2nc(-c3nonc3N)n(C)c12. The summed E-state index contributed by atoms with van der Waals surface area (Å²) in [7, 11) is 1.92. The van der Waals surface area contributed by atoms with Crippen LogP contribution in [-0.4, -0.2) is 19.9 Å². The van der Waals surface area contributed by atoms with E-state index in [-0.39, 0.29) is 5.82 Å². The van der Waals surface area contributed by atoms with E-state index in [1.165, 1.54) is 0 Å². The van der Waals surface area contributed by atoms with Crippen molar-refractivity contribution >= 4 is 16.9 Å². The molecule has 3 rings (SSSR count). The zero-order valence-corrected chi connectivity index (χ0v) is 9.51. The van der Waals surface area contributed by atoms with Crippen LogP contribution in [0.4, 0.5) is 5.82 Å². The second-order valence-corrected chi connectivity index (χ2v) is 3.94. The highest BCUT2D eigenvalue weighted by Gasteiger charge is 2.17. The van der Waals surface area contributed by atoms with Crippen molar-refractivity contribution in [2.24, 2.45) is 7.05 Å². The van der Waals surface area contributed by atoms with E-state index in [2.05, 4.69) is 19.9 Å². The van der Waals surface area contributed by atoms with Crippen molar-refractivity contribution in [3.63, 3.8) is 0 Å². The number of benzene rings is 1. The number of aryl methyl sites for hydroxylation is 2. The van der Waals surface area contributed by atoms with Crippen LogP contribution in [0.1, 0.15) is 5.56 Å². The minimum atomic E-state index is 0.251. The summed E-state index contributed by atoms with van der Waals surface area (Å²) in [6, 6.07) is 5.96. The molecular formula is C11H11N5O. The lowest BCUT2D eigenvalue weighted by Crippen LogP contribution is -1.97. The van der Waals surface area contributed by atoms with Crippen LogP contribution in [0.2, 0.25) is 0 Å². The molecule has 0 aliphatic rings. The van der Waals surface area contributed by atoms with Gasteiger partial charge in [0.1, 0.15) is 0 Å². The predicted molar refractivity (Wildman–Crippen MR) is 63.2 cm³/mol. The molecule has 0 spiro atoms. The van der Waals surface area contributed by atoms with Crippen molar-refractivity contribution in [2.45, 2.75) is 6.92 Å². The second-order valence-electron chi connectivity index (χ2n) is 3.94. The molecule has 0 saturated heterocycles. The summed E-state index contributed by atoms with van der Waals surface area (Å²) in [4.78, 5) is 4.50. The van der Waals surface area contributed by atoms with Crippen molar-refractivity contribution < 1.29 is 4.63 Å². The van der Waals surface area contributed by atoms with Gasteiger partial charge in [-0.15, -0.1) is 0 Å². The third-order valence-corrected chi connectivity index (χ3v) is 2.82. The fraction of sp³-hybridized carbons (Fsp3) is 0.182. The Morgan fingerprint density at radius 2 is 2.12 bits per heavy atom. The summed E-state index contributed by atoms with van der Waals surface area (Å²) in [6.07, 6.45) is 0. The zero-order chi connectivity index (χ0) is 12.0. The van der Waals surface area contributed by atoms with Gasteiger partial charge in [0.05, 0.1) is 11.0 Å². The fourth-order valence-corrected chi connectivity index (χ4v) is 2.03. The Kier molecular flexibility index (Phi) is 1.91. The molecule has 0 fully saturated rings. The van der Waals surface area contributed by atoms with Crippen molar-refractivity contribution in [1.82, 2.24) is 19.9 Å². The van der Waals surface area contributed by atoms with Crippen LogP contribution in [0.5, 0.6) is 0 Å². The van der Waals surface area contributed by atoms with Crippen molar-refractivity contribution in [2.75, 3.05) is 5.73 Å². The van der Waals surface area contributed by atoms with Gasteiger partial charge in [-0.1, -0.05) is 12.1 Å². The average Bonchev–Trinajstić information content (AvgIpc) is 2.84. The number of para-hydroxylation sites is 1. The van der Waals surface area contributed by atoms with Crippen molar-refractivity contribution in [1.29, 1.82) is 0 Å². The van der Waals surface area contributed by atoms with Crippen molar-refractivity contribution in [3.8, 4) is 11.5 Å². The maximum atomic E-state index is 5.68. The maximum Gasteiger partial charge on any atom is 0.199 e. The van der Waals surface area contributed by atoms with E-state index >= 15 is 0 Å². The van der Waals surface area contributed by atoms with Crippen LogP contribution in [0.3, 0.4) is 0 Å². The summed E-state index contributed by atoms with van der Waals surface area (Å²) in [5.41, 5.74) is 9.27. The molecule has 86 valence electrons. The number of anilines is 1. The fourth-order valence-electron chi connectivity index (χ4n) is 2.03. The summed E-state index contributed by atoms with van der Waals surface area (Å²) >= 11 is 0. The molecule has 17 heavy (non-hydrogen) atoms. The summed E-state index contributed by atoms with van der Waals surface area (Å²) in [6.45, 7) is 2.04. The van der Waals surface area contributed by atoms with Gasteiger partial charge < -0.3 is 10.3 Å². The molecule has 0 saturated carbocycles. The molecule has 2 aromatic heterocycles. The van der Waals surface area contributed by atoms with Gasteiger partial charge in [-0.25, -0.2) is 9.61 Å². The highest BCUT2D eigenvalue weighted by molar-refractivity contribution is 5.84. The first-order chi connectivity index (χ1) is 8.18. The van der Waals surface area contributed by atoms with E-state index in [0.717, 1.165) is 16.6 Å². The summed E-state index contributed by atoms with van der Waals surface area (Å²) in [5, 5.41) is 7.34. The Hall–Kier alpha value is -2.37. The van der Waals surface area contributed by atoms with Gasteiger partial charge in [-0.05, 0) is 28.9 Å². The van der Waals surface area contributed by atoms with Gasteiger partial charge in [0.15, 0.2) is 17.3 Å². The quantitative estimate of drug-likeness (QED) is 0.683. The molecule has 6 heteroatoms. The minimum absolute atomic E-state index is 0.251. The first-order valence-corrected chi connectivity index (χ1v) is 5.19. The van der Waals surface area contributed by atoms with Gasteiger partial charge >= 0.3 is 0 Å². The maximum absolute atomic E-state index is 5.68. The number of nitrogens with two attached hydrogens (primary N) is 1. The smallest absolute Gasteiger partial charge is 0.199 e. The Morgan fingerprint density at radius 1 is 1.29 bits per heavy atom. The van der Waals surface area contributed by atoms with Gasteiger partial charge in [0.25, 0.3) is 0 Å². The Bertz CT molecular complexity index is 697. The summed E-state index contributed by atoms with van der Waals surface area (Å²) in [5.74, 6) is 0.911. The number of fused-ring (bicyclic) bond motifs is 1. The highest BCUT2D eigenvalue weighted by Crippen LogP contribution is 2.26. The number of hydrogen-bond donors (Lipinski definition) is 1. The molecule has 1 aromatic carbocycles. The van der Waals surface area contributed by atoms with Gasteiger partial charge in [0, 0.05) is 7.05 Å². The van der Waals surface area contributed by atoms with E-state index in [9.17, 15) is 0 Å². The van der Waals surface area contributed by atoms with Gasteiger partial charge in [0.2, 0.25) is 0 Å². The Balaban J connectivity index is 2.36. The topological polar surface area (TPSA) is 82.8 Å². The van der Waals surface area contributed by atoms with Crippen LogP contribution in [0.25, 0.3) is 22.6 Å². The number of imidazole rings is 1. The minimum Gasteiger partial charge on any atom is -0.379 e. The largest absolute Gasteiger partial charge is 0.379 e. The second kappa shape index (κ2) is 3.31. The number of aromatic nitrogens is 4. The highest BCUT2D eigenvalue weighted by atomic mass is 16.6. The molecule has 6 nitrogen and oxygen atoms in total. The molecule has 3 aromatic rings. The molecule has 0 bridgehead atoms. The number of nitrogens with zero attached hydrogens (tertiary/aromatic N) is 4. The Morgan fingerprint density at radius 3 is 2.76 bits per heavy atom. The van der Waals surface area contributed by atoms with Crippen LogP contribution < -0.4 is 5.73 Å². The lowest BCUT2D eigenvalue weighted by atomic mass is 10.2. The van der Waals surface area contributed by atoms with E-state index in [0.29, 0.717) is 11.5 Å². The number of nitrogen functional groups attached to an aromatic ring is 1. The molecule has 2 heterocycles. The van der Waals surface area contributed by atoms with Crippen LogP contribution in [-0.2, 0) is 7.05 Å².